The molecule has 0 spiro atoms. The molecule has 0 aromatic carbocycles. The summed E-state index contributed by atoms with van der Waals surface area (Å²) in [5, 5.41) is 17.9. The molecular formula is C10H18O5. The molecule has 0 heterocycles. The lowest BCUT2D eigenvalue weighted by atomic mass is 10.00. The summed E-state index contributed by atoms with van der Waals surface area (Å²) in [6.07, 6.45) is -1.39. The van der Waals surface area contributed by atoms with Gasteiger partial charge in [0.15, 0.2) is 0 Å². The number of rotatable bonds is 4. The van der Waals surface area contributed by atoms with Crippen LogP contribution in [0.4, 0.5) is 0 Å². The Hall–Kier alpha value is -1.10. The van der Waals surface area contributed by atoms with E-state index in [4.69, 9.17) is 14.9 Å². The van der Waals surface area contributed by atoms with Gasteiger partial charge in [-0.15, -0.1) is 0 Å². The standard InChI is InChI=1S/C10H18O5/c1-6(11)7(9(13)14)5-8(12)15-10(2,3)4/h6-7,11H,5H2,1-4H3,(H,13,14)/t6-,7-/m0/s1. The SMILES string of the molecule is C[C@H](O)[C@H](CC(=O)OC(C)(C)C)C(=O)O. The van der Waals surface area contributed by atoms with Gasteiger partial charge in [-0.3, -0.25) is 9.59 Å². The number of carbonyl (C=O) groups is 2. The highest BCUT2D eigenvalue weighted by molar-refractivity contribution is 5.79. The van der Waals surface area contributed by atoms with Crippen molar-refractivity contribution in [2.24, 2.45) is 5.92 Å². The third-order valence-corrected chi connectivity index (χ3v) is 1.71. The van der Waals surface area contributed by atoms with Crippen LogP contribution in [0.5, 0.6) is 0 Å². The normalized spacial score (nSPS) is 15.5. The predicted molar refractivity (Wildman–Crippen MR) is 53.3 cm³/mol. The average molecular weight is 218 g/mol. The fourth-order valence-electron chi connectivity index (χ4n) is 1.03. The molecule has 88 valence electrons. The highest BCUT2D eigenvalue weighted by Crippen LogP contribution is 2.14. The van der Waals surface area contributed by atoms with Crippen LogP contribution in [-0.4, -0.2) is 33.9 Å². The Bertz CT molecular complexity index is 239. The van der Waals surface area contributed by atoms with E-state index in [1.54, 1.807) is 20.8 Å². The number of carboxylic acid groups (broad SMARTS) is 1. The van der Waals surface area contributed by atoms with Gasteiger partial charge in [-0.05, 0) is 27.7 Å². The van der Waals surface area contributed by atoms with E-state index in [9.17, 15) is 9.59 Å². The second-order valence-corrected chi connectivity index (χ2v) is 4.48. The van der Waals surface area contributed by atoms with Crippen molar-refractivity contribution in [2.45, 2.75) is 45.8 Å². The Morgan fingerprint density at radius 1 is 1.33 bits per heavy atom. The van der Waals surface area contributed by atoms with Crippen LogP contribution in [0.15, 0.2) is 0 Å². The van der Waals surface area contributed by atoms with Crippen LogP contribution in [0.2, 0.25) is 0 Å². The third kappa shape index (κ3) is 6.06. The molecule has 0 aliphatic carbocycles. The monoisotopic (exact) mass is 218 g/mol. The van der Waals surface area contributed by atoms with Crippen LogP contribution < -0.4 is 0 Å². The van der Waals surface area contributed by atoms with Crippen LogP contribution in [-0.2, 0) is 14.3 Å². The zero-order valence-corrected chi connectivity index (χ0v) is 9.48. The lowest BCUT2D eigenvalue weighted by Crippen LogP contribution is -2.31. The summed E-state index contributed by atoms with van der Waals surface area (Å²) in [5.41, 5.74) is -0.640. The number of carboxylic acids is 1. The second kappa shape index (κ2) is 5.11. The molecule has 0 unspecified atom stereocenters. The first-order valence-electron chi connectivity index (χ1n) is 4.76. The molecule has 2 N–H and O–H groups in total. The Morgan fingerprint density at radius 3 is 2.07 bits per heavy atom. The highest BCUT2D eigenvalue weighted by Gasteiger charge is 2.28. The highest BCUT2D eigenvalue weighted by atomic mass is 16.6. The number of aliphatic hydroxyl groups is 1. The molecule has 5 heteroatoms. The molecular weight excluding hydrogens is 200 g/mol. The zero-order valence-electron chi connectivity index (χ0n) is 9.48. The summed E-state index contributed by atoms with van der Waals surface area (Å²) in [7, 11) is 0. The van der Waals surface area contributed by atoms with Gasteiger partial charge in [-0.2, -0.15) is 0 Å². The third-order valence-electron chi connectivity index (χ3n) is 1.71. The maximum absolute atomic E-state index is 11.3. The molecule has 0 radical (unpaired) electrons. The van der Waals surface area contributed by atoms with E-state index in [2.05, 4.69) is 0 Å². The fraction of sp³-hybridized carbons (Fsp3) is 0.800. The first kappa shape index (κ1) is 13.9. The van der Waals surface area contributed by atoms with E-state index < -0.39 is 29.6 Å². The molecule has 0 amide bonds. The van der Waals surface area contributed by atoms with Gasteiger partial charge in [0.1, 0.15) is 5.60 Å². The molecule has 15 heavy (non-hydrogen) atoms. The van der Waals surface area contributed by atoms with Crippen LogP contribution in [0.1, 0.15) is 34.1 Å². The van der Waals surface area contributed by atoms with Crippen molar-refractivity contribution in [3.63, 3.8) is 0 Å². The van der Waals surface area contributed by atoms with Crippen molar-refractivity contribution in [1.82, 2.24) is 0 Å². The largest absolute Gasteiger partial charge is 0.481 e. The molecule has 0 aliphatic heterocycles. The van der Waals surface area contributed by atoms with Crippen molar-refractivity contribution in [1.29, 1.82) is 0 Å². The van der Waals surface area contributed by atoms with Crippen molar-refractivity contribution >= 4 is 11.9 Å². The van der Waals surface area contributed by atoms with E-state index in [0.29, 0.717) is 0 Å². The Balaban J connectivity index is 4.31. The molecule has 0 saturated carbocycles. The summed E-state index contributed by atoms with van der Waals surface area (Å²) in [6, 6.07) is 0. The number of esters is 1. The fourth-order valence-corrected chi connectivity index (χ4v) is 1.03. The van der Waals surface area contributed by atoms with Gasteiger partial charge in [0.25, 0.3) is 0 Å². The lowest BCUT2D eigenvalue weighted by molar-refractivity contribution is -0.162. The van der Waals surface area contributed by atoms with Gasteiger partial charge < -0.3 is 14.9 Å². The summed E-state index contributed by atoms with van der Waals surface area (Å²) in [5.74, 6) is -2.92. The summed E-state index contributed by atoms with van der Waals surface area (Å²) < 4.78 is 4.96. The van der Waals surface area contributed by atoms with E-state index in [1.165, 1.54) is 6.92 Å². The van der Waals surface area contributed by atoms with Crippen molar-refractivity contribution in [2.75, 3.05) is 0 Å². The van der Waals surface area contributed by atoms with Gasteiger partial charge in [-0.25, -0.2) is 0 Å². The van der Waals surface area contributed by atoms with Crippen molar-refractivity contribution < 1.29 is 24.5 Å². The molecule has 0 aromatic rings. The predicted octanol–water partition coefficient (Wildman–Crippen LogP) is 0.800. The minimum atomic E-state index is -1.20. The summed E-state index contributed by atoms with van der Waals surface area (Å²) in [4.78, 5) is 22.0. The van der Waals surface area contributed by atoms with Gasteiger partial charge in [0, 0.05) is 0 Å². The number of aliphatic carboxylic acids is 1. The number of hydrogen-bond acceptors (Lipinski definition) is 4. The van der Waals surface area contributed by atoms with Gasteiger partial charge in [0.2, 0.25) is 0 Å². The number of ether oxygens (including phenoxy) is 1. The maximum Gasteiger partial charge on any atom is 0.309 e. The quantitative estimate of drug-likeness (QED) is 0.682. The van der Waals surface area contributed by atoms with Crippen LogP contribution in [0, 0.1) is 5.92 Å². The summed E-state index contributed by atoms with van der Waals surface area (Å²) in [6.45, 7) is 6.43. The Labute approximate surface area is 89.0 Å². The molecule has 0 rings (SSSR count). The van der Waals surface area contributed by atoms with E-state index in [0.717, 1.165) is 0 Å². The van der Waals surface area contributed by atoms with Crippen LogP contribution in [0.3, 0.4) is 0 Å². The van der Waals surface area contributed by atoms with E-state index in [-0.39, 0.29) is 6.42 Å². The first-order valence-corrected chi connectivity index (χ1v) is 4.76. The minimum Gasteiger partial charge on any atom is -0.481 e. The number of aliphatic hydroxyl groups excluding tert-OH is 1. The lowest BCUT2D eigenvalue weighted by Gasteiger charge is -2.21. The molecule has 0 bridgehead atoms. The van der Waals surface area contributed by atoms with Gasteiger partial charge in [0.05, 0.1) is 18.4 Å². The zero-order chi connectivity index (χ0) is 12.2. The molecule has 0 aliphatic rings. The second-order valence-electron chi connectivity index (χ2n) is 4.48. The molecule has 5 nitrogen and oxygen atoms in total. The topological polar surface area (TPSA) is 83.8 Å². The van der Waals surface area contributed by atoms with E-state index >= 15 is 0 Å². The smallest absolute Gasteiger partial charge is 0.309 e. The van der Waals surface area contributed by atoms with E-state index in [1.807, 2.05) is 0 Å². The average Bonchev–Trinajstić information content (AvgIpc) is 1.95. The Morgan fingerprint density at radius 2 is 1.80 bits per heavy atom. The van der Waals surface area contributed by atoms with Crippen molar-refractivity contribution in [3.8, 4) is 0 Å². The molecule has 2 atom stereocenters. The van der Waals surface area contributed by atoms with Crippen LogP contribution >= 0.6 is 0 Å². The first-order chi connectivity index (χ1) is 6.63. The van der Waals surface area contributed by atoms with Crippen LogP contribution in [0.25, 0.3) is 0 Å². The summed E-state index contributed by atoms with van der Waals surface area (Å²) >= 11 is 0. The maximum atomic E-state index is 11.3. The minimum absolute atomic E-state index is 0.315. The number of carbonyl (C=O) groups excluding carboxylic acids is 1. The molecule has 0 aromatic heterocycles. The Kier molecular flexibility index (Phi) is 4.74. The van der Waals surface area contributed by atoms with Gasteiger partial charge in [-0.1, -0.05) is 0 Å². The molecule has 0 fully saturated rings. The molecule has 0 saturated heterocycles. The van der Waals surface area contributed by atoms with Gasteiger partial charge >= 0.3 is 11.9 Å². The van der Waals surface area contributed by atoms with Crippen molar-refractivity contribution in [3.05, 3.63) is 0 Å². The number of hydrogen-bond donors (Lipinski definition) is 2.